The van der Waals surface area contributed by atoms with Crippen molar-refractivity contribution in [2.75, 3.05) is 13.7 Å². The number of nitrogens with zero attached hydrogens (tertiary/aromatic N) is 3. The summed E-state index contributed by atoms with van der Waals surface area (Å²) >= 11 is 1.28. The summed E-state index contributed by atoms with van der Waals surface area (Å²) in [6.07, 6.45) is 0. The maximum atomic E-state index is 12.3. The number of hydrogen-bond acceptors (Lipinski definition) is 8. The van der Waals surface area contributed by atoms with Crippen LogP contribution in [0.25, 0.3) is 16.2 Å². The summed E-state index contributed by atoms with van der Waals surface area (Å²) in [5.41, 5.74) is 0.883. The zero-order valence-corrected chi connectivity index (χ0v) is 18.3. The molecule has 0 radical (unpaired) electrons. The molecule has 0 fully saturated rings. The van der Waals surface area contributed by atoms with Crippen molar-refractivity contribution in [2.45, 2.75) is 38.0 Å². The number of carbonyl (C=O) groups is 1. The van der Waals surface area contributed by atoms with E-state index in [1.165, 1.54) is 30.6 Å². The van der Waals surface area contributed by atoms with Crippen molar-refractivity contribution in [1.29, 1.82) is 0 Å². The zero-order chi connectivity index (χ0) is 21.6. The van der Waals surface area contributed by atoms with Crippen molar-refractivity contribution < 1.29 is 22.7 Å². The quantitative estimate of drug-likeness (QED) is 0.585. The van der Waals surface area contributed by atoms with Gasteiger partial charge in [-0.2, -0.15) is 5.10 Å². The predicted molar refractivity (Wildman–Crippen MR) is 109 cm³/mol. The number of aromatic nitrogens is 3. The molecule has 0 aliphatic rings. The van der Waals surface area contributed by atoms with Gasteiger partial charge in [0.05, 0.1) is 25.1 Å². The number of aryl methyl sites for hydroxylation is 1. The molecule has 1 aromatic carbocycles. The number of esters is 1. The van der Waals surface area contributed by atoms with Gasteiger partial charge in [0.25, 0.3) is 0 Å². The van der Waals surface area contributed by atoms with Gasteiger partial charge in [0, 0.05) is 5.56 Å². The predicted octanol–water partition coefficient (Wildman–Crippen LogP) is 2.26. The van der Waals surface area contributed by atoms with Crippen molar-refractivity contribution in [2.24, 2.45) is 5.14 Å². The molecule has 0 amide bonds. The van der Waals surface area contributed by atoms with Gasteiger partial charge in [-0.1, -0.05) is 11.3 Å². The summed E-state index contributed by atoms with van der Waals surface area (Å²) in [5, 5.41) is 10.5. The van der Waals surface area contributed by atoms with Crippen molar-refractivity contribution in [3.05, 3.63) is 28.9 Å². The van der Waals surface area contributed by atoms with E-state index in [9.17, 15) is 13.2 Å². The van der Waals surface area contributed by atoms with Crippen LogP contribution < -0.4 is 9.88 Å². The van der Waals surface area contributed by atoms with Gasteiger partial charge in [-0.05, 0) is 45.9 Å². The molecule has 0 aliphatic carbocycles. The largest absolute Gasteiger partial charge is 0.495 e. The third-order valence-corrected chi connectivity index (χ3v) is 6.61. The van der Waals surface area contributed by atoms with Gasteiger partial charge in [-0.15, -0.1) is 0 Å². The Bertz CT molecular complexity index is 1190. The number of carbonyl (C=O) groups excluding carboxylic acids is 1. The van der Waals surface area contributed by atoms with E-state index in [1.54, 1.807) is 38.3 Å². The number of ether oxygens (including phenoxy) is 2. The van der Waals surface area contributed by atoms with Gasteiger partial charge in [0.1, 0.15) is 21.1 Å². The molecule has 2 aromatic heterocycles. The Morgan fingerprint density at radius 1 is 1.34 bits per heavy atom. The van der Waals surface area contributed by atoms with E-state index in [1.807, 2.05) is 0 Å². The maximum absolute atomic E-state index is 12.3. The van der Waals surface area contributed by atoms with Gasteiger partial charge in [0.15, 0.2) is 0 Å². The van der Waals surface area contributed by atoms with Crippen molar-refractivity contribution in [3.63, 3.8) is 0 Å². The number of sulfonamides is 1. The molecule has 0 bridgehead atoms. The molecule has 156 valence electrons. The van der Waals surface area contributed by atoms with E-state index in [0.717, 1.165) is 0 Å². The third-order valence-electron chi connectivity index (χ3n) is 4.44. The Morgan fingerprint density at radius 2 is 2.03 bits per heavy atom. The lowest BCUT2D eigenvalue weighted by molar-refractivity contribution is -0.148. The summed E-state index contributed by atoms with van der Waals surface area (Å²) in [4.78, 5) is 17.3. The second kappa shape index (κ2) is 7.39. The van der Waals surface area contributed by atoms with Gasteiger partial charge < -0.3 is 9.47 Å². The molecule has 0 spiro atoms. The molecule has 2 N–H and O–H groups in total. The average molecular weight is 439 g/mol. The molecule has 3 rings (SSSR count). The Kier molecular flexibility index (Phi) is 5.41. The maximum Gasteiger partial charge on any atom is 0.318 e. The van der Waals surface area contributed by atoms with Crippen molar-refractivity contribution >= 4 is 32.3 Å². The van der Waals surface area contributed by atoms with E-state index >= 15 is 0 Å². The molecule has 3 aromatic rings. The Labute approximate surface area is 172 Å². The van der Waals surface area contributed by atoms with Crippen LogP contribution in [-0.2, 0) is 25.0 Å². The number of methoxy groups -OCH3 is 1. The first-order valence-corrected chi connectivity index (χ1v) is 11.1. The van der Waals surface area contributed by atoms with Gasteiger partial charge in [0.2, 0.25) is 15.0 Å². The number of rotatable bonds is 6. The van der Waals surface area contributed by atoms with Gasteiger partial charge in [-0.25, -0.2) is 23.1 Å². The van der Waals surface area contributed by atoms with E-state index in [0.29, 0.717) is 26.9 Å². The van der Waals surface area contributed by atoms with E-state index in [4.69, 9.17) is 14.6 Å². The minimum absolute atomic E-state index is 0.130. The van der Waals surface area contributed by atoms with Crippen LogP contribution in [0.2, 0.25) is 0 Å². The van der Waals surface area contributed by atoms with Gasteiger partial charge in [-0.3, -0.25) is 4.79 Å². The Hall–Kier alpha value is -2.50. The minimum Gasteiger partial charge on any atom is -0.495 e. The lowest BCUT2D eigenvalue weighted by Crippen LogP contribution is -2.31. The molecule has 0 saturated carbocycles. The van der Waals surface area contributed by atoms with E-state index in [-0.39, 0.29) is 23.2 Å². The first-order valence-electron chi connectivity index (χ1n) is 8.75. The van der Waals surface area contributed by atoms with Gasteiger partial charge >= 0.3 is 5.97 Å². The van der Waals surface area contributed by atoms with Crippen molar-refractivity contribution in [3.8, 4) is 17.0 Å². The van der Waals surface area contributed by atoms with Crippen LogP contribution in [0.4, 0.5) is 0 Å². The minimum atomic E-state index is -3.99. The van der Waals surface area contributed by atoms with E-state index in [2.05, 4.69) is 10.1 Å². The highest BCUT2D eigenvalue weighted by Crippen LogP contribution is 2.35. The number of benzene rings is 1. The highest BCUT2D eigenvalue weighted by Gasteiger charge is 2.36. The molecular formula is C18H22N4O5S2. The molecule has 0 atom stereocenters. The molecule has 0 saturated heterocycles. The summed E-state index contributed by atoms with van der Waals surface area (Å²) in [6, 6.07) is 4.67. The van der Waals surface area contributed by atoms with E-state index < -0.39 is 15.4 Å². The monoisotopic (exact) mass is 438 g/mol. The average Bonchev–Trinajstić information content (AvgIpc) is 3.17. The normalized spacial score (nSPS) is 12.3. The zero-order valence-electron chi connectivity index (χ0n) is 16.7. The smallest absolute Gasteiger partial charge is 0.318 e. The van der Waals surface area contributed by atoms with Crippen LogP contribution >= 0.6 is 11.3 Å². The summed E-state index contributed by atoms with van der Waals surface area (Å²) < 4.78 is 35.8. The fraction of sp³-hybridized carbons (Fsp3) is 0.389. The fourth-order valence-corrected chi connectivity index (χ4v) is 4.64. The molecule has 11 heteroatoms. The molecule has 2 heterocycles. The second-order valence-corrected chi connectivity index (χ2v) is 9.39. The number of imidazole rings is 1. The van der Waals surface area contributed by atoms with Crippen LogP contribution in [0.5, 0.6) is 5.75 Å². The molecular weight excluding hydrogens is 416 g/mol. The SMILES string of the molecule is CCOC(=O)C(C)(C)c1nn2c(-c3ccc(OC)c(S(N)(=O)=O)c3)c(C)nc2s1. The third kappa shape index (κ3) is 3.72. The molecule has 0 aliphatic heterocycles. The number of fused-ring (bicyclic) bond motifs is 1. The van der Waals surface area contributed by atoms with Crippen LogP contribution in [0.1, 0.15) is 31.5 Å². The van der Waals surface area contributed by atoms with Crippen LogP contribution in [0.3, 0.4) is 0 Å². The first-order chi connectivity index (χ1) is 13.5. The summed E-state index contributed by atoms with van der Waals surface area (Å²) in [6.45, 7) is 7.30. The number of nitrogens with two attached hydrogens (primary N) is 1. The first kappa shape index (κ1) is 21.2. The summed E-state index contributed by atoms with van der Waals surface area (Å²) in [7, 11) is -2.62. The lowest BCUT2D eigenvalue weighted by Gasteiger charge is -2.18. The standard InChI is InChI=1S/C18H22N4O5S2/c1-6-27-16(23)18(3,4)15-21-22-14(10(2)20-17(22)28-15)11-7-8-12(26-5)13(9-11)29(19,24)25/h7-9H,6H2,1-5H3,(H2,19,24,25). The highest BCUT2D eigenvalue weighted by atomic mass is 32.2. The van der Waals surface area contributed by atoms with Crippen LogP contribution in [-0.4, -0.2) is 42.7 Å². The second-order valence-electron chi connectivity index (χ2n) is 6.90. The molecule has 9 nitrogen and oxygen atoms in total. The van der Waals surface area contributed by atoms with Crippen LogP contribution in [0.15, 0.2) is 23.1 Å². The fourth-order valence-electron chi connectivity index (χ4n) is 2.88. The van der Waals surface area contributed by atoms with Crippen LogP contribution in [0, 0.1) is 6.92 Å². The Balaban J connectivity index is 2.18. The molecule has 0 unspecified atom stereocenters. The number of primary sulfonamides is 1. The summed E-state index contributed by atoms with van der Waals surface area (Å²) in [5.74, 6) is -0.228. The topological polar surface area (TPSA) is 126 Å². The lowest BCUT2D eigenvalue weighted by atomic mass is 9.95. The van der Waals surface area contributed by atoms with Crippen molar-refractivity contribution in [1.82, 2.24) is 14.6 Å². The Morgan fingerprint density at radius 3 is 2.62 bits per heavy atom. The highest BCUT2D eigenvalue weighted by molar-refractivity contribution is 7.89. The molecule has 29 heavy (non-hydrogen) atoms. The number of hydrogen-bond donors (Lipinski definition) is 1.